The van der Waals surface area contributed by atoms with Gasteiger partial charge in [0.25, 0.3) is 0 Å². The zero-order valence-electron chi connectivity index (χ0n) is 16.8. The van der Waals surface area contributed by atoms with Gasteiger partial charge in [-0.05, 0) is 64.4 Å². The van der Waals surface area contributed by atoms with Gasteiger partial charge in [0.05, 0.1) is 5.69 Å². The van der Waals surface area contributed by atoms with Gasteiger partial charge in [-0.15, -0.1) is 0 Å². The van der Waals surface area contributed by atoms with E-state index in [9.17, 15) is 0 Å². The van der Waals surface area contributed by atoms with Crippen LogP contribution in [-0.4, -0.2) is 48.6 Å². The minimum atomic E-state index is 0.300. The van der Waals surface area contributed by atoms with Crippen molar-refractivity contribution in [3.05, 3.63) is 17.0 Å². The van der Waals surface area contributed by atoms with Crippen LogP contribution in [0.4, 0.5) is 0 Å². The zero-order valence-corrected chi connectivity index (χ0v) is 16.8. The first-order chi connectivity index (χ1) is 11.9. The summed E-state index contributed by atoms with van der Waals surface area (Å²) in [7, 11) is 3.78. The van der Waals surface area contributed by atoms with E-state index in [1.807, 2.05) is 11.7 Å². The molecule has 2 N–H and O–H groups in total. The second kappa shape index (κ2) is 8.70. The molecule has 2 rings (SSSR count). The lowest BCUT2D eigenvalue weighted by Crippen LogP contribution is -2.43. The molecule has 0 radical (unpaired) electrons. The summed E-state index contributed by atoms with van der Waals surface area (Å²) in [5, 5.41) is 11.4. The fourth-order valence-corrected chi connectivity index (χ4v) is 3.25. The maximum Gasteiger partial charge on any atom is 0.191 e. The van der Waals surface area contributed by atoms with Crippen molar-refractivity contribution < 1.29 is 4.74 Å². The predicted octanol–water partition coefficient (Wildman–Crippen LogP) is 2.34. The van der Waals surface area contributed by atoms with Crippen molar-refractivity contribution >= 4 is 5.96 Å². The van der Waals surface area contributed by atoms with Gasteiger partial charge in [-0.25, -0.2) is 0 Å². The summed E-state index contributed by atoms with van der Waals surface area (Å²) in [4.78, 5) is 4.85. The molecule has 1 aromatic heterocycles. The maximum atomic E-state index is 5.24. The lowest BCUT2D eigenvalue weighted by Gasteiger charge is -2.19. The Balaban J connectivity index is 1.94. The van der Waals surface area contributed by atoms with Crippen LogP contribution in [-0.2, 0) is 18.2 Å². The highest BCUT2D eigenvalue weighted by Gasteiger charge is 2.41. The Morgan fingerprint density at radius 3 is 2.64 bits per heavy atom. The lowest BCUT2D eigenvalue weighted by atomic mass is 10.0. The Morgan fingerprint density at radius 2 is 2.12 bits per heavy atom. The molecular weight excluding hydrogens is 314 g/mol. The Kier molecular flexibility index (Phi) is 6.87. The minimum absolute atomic E-state index is 0.300. The average molecular weight is 350 g/mol. The molecule has 1 fully saturated rings. The highest BCUT2D eigenvalue weighted by molar-refractivity contribution is 5.80. The largest absolute Gasteiger partial charge is 0.385 e. The summed E-state index contributed by atoms with van der Waals surface area (Å²) in [6, 6.07) is 0.300. The summed E-state index contributed by atoms with van der Waals surface area (Å²) in [6.45, 7) is 11.1. The van der Waals surface area contributed by atoms with Crippen LogP contribution in [0.25, 0.3) is 0 Å². The topological polar surface area (TPSA) is 63.5 Å². The minimum Gasteiger partial charge on any atom is -0.385 e. The fourth-order valence-electron chi connectivity index (χ4n) is 3.25. The predicted molar refractivity (Wildman–Crippen MR) is 103 cm³/mol. The van der Waals surface area contributed by atoms with E-state index >= 15 is 0 Å². The molecule has 0 aromatic carbocycles. The molecule has 1 atom stereocenters. The Hall–Kier alpha value is -1.56. The van der Waals surface area contributed by atoms with E-state index in [0.717, 1.165) is 44.2 Å². The van der Waals surface area contributed by atoms with Crippen molar-refractivity contribution in [3.63, 3.8) is 0 Å². The second-order valence-corrected chi connectivity index (χ2v) is 7.46. The van der Waals surface area contributed by atoms with E-state index in [-0.39, 0.29) is 0 Å². The number of nitrogens with zero attached hydrogens (tertiary/aromatic N) is 3. The maximum absolute atomic E-state index is 5.24. The molecule has 1 saturated carbocycles. The molecular formula is C19H35N5O. The number of aryl methyl sites for hydroxylation is 2. The highest BCUT2D eigenvalue weighted by atomic mass is 16.5. The van der Waals surface area contributed by atoms with Gasteiger partial charge in [0.1, 0.15) is 0 Å². The number of aromatic nitrogens is 2. The van der Waals surface area contributed by atoms with Crippen molar-refractivity contribution in [2.75, 3.05) is 26.8 Å². The third-order valence-electron chi connectivity index (χ3n) is 5.26. The van der Waals surface area contributed by atoms with Gasteiger partial charge in [0.2, 0.25) is 0 Å². The first kappa shape index (κ1) is 19.8. The van der Waals surface area contributed by atoms with Gasteiger partial charge in [0.15, 0.2) is 5.96 Å². The lowest BCUT2D eigenvalue weighted by molar-refractivity contribution is 0.174. The molecule has 142 valence electrons. The third kappa shape index (κ3) is 5.46. The third-order valence-corrected chi connectivity index (χ3v) is 5.26. The molecule has 1 aliphatic rings. The average Bonchev–Trinajstić information content (AvgIpc) is 3.30. The number of rotatable bonds is 9. The van der Waals surface area contributed by atoms with E-state index in [2.05, 4.69) is 43.4 Å². The number of hydrogen-bond acceptors (Lipinski definition) is 3. The van der Waals surface area contributed by atoms with Gasteiger partial charge in [-0.2, -0.15) is 5.10 Å². The van der Waals surface area contributed by atoms with E-state index < -0.39 is 0 Å². The summed E-state index contributed by atoms with van der Waals surface area (Å²) < 4.78 is 7.20. The standard InChI is InChI=1S/C19H35N5O/c1-7-20-18(21-13-19(8-9-19)10-11-25-6)22-14(2)12-17-15(3)23-24(5)16(17)4/h14H,7-13H2,1-6H3,(H2,20,21,22). The van der Waals surface area contributed by atoms with E-state index in [0.29, 0.717) is 11.5 Å². The van der Waals surface area contributed by atoms with Crippen LogP contribution in [0.3, 0.4) is 0 Å². The van der Waals surface area contributed by atoms with Gasteiger partial charge in [-0.3, -0.25) is 9.67 Å². The molecule has 6 heteroatoms. The molecule has 0 spiro atoms. The summed E-state index contributed by atoms with van der Waals surface area (Å²) in [5.74, 6) is 0.915. The first-order valence-electron chi connectivity index (χ1n) is 9.43. The van der Waals surface area contributed by atoms with Crippen LogP contribution in [0.1, 0.15) is 50.1 Å². The molecule has 1 aliphatic carbocycles. The van der Waals surface area contributed by atoms with Crippen molar-refractivity contribution in [2.45, 2.75) is 59.4 Å². The van der Waals surface area contributed by atoms with Crippen molar-refractivity contribution in [1.29, 1.82) is 0 Å². The number of aliphatic imine (C=N–C) groups is 1. The summed E-state index contributed by atoms with van der Waals surface area (Å²) in [6.07, 6.45) is 4.59. The Morgan fingerprint density at radius 1 is 1.40 bits per heavy atom. The number of nitrogens with one attached hydrogen (secondary N) is 2. The van der Waals surface area contributed by atoms with Crippen LogP contribution >= 0.6 is 0 Å². The molecule has 1 unspecified atom stereocenters. The molecule has 0 aliphatic heterocycles. The fraction of sp³-hybridized carbons (Fsp3) is 0.789. The van der Waals surface area contributed by atoms with Crippen LogP contribution in [0.2, 0.25) is 0 Å². The molecule has 1 heterocycles. The Bertz CT molecular complexity index is 589. The molecule has 0 amide bonds. The second-order valence-electron chi connectivity index (χ2n) is 7.46. The number of guanidine groups is 1. The number of methoxy groups -OCH3 is 1. The van der Waals surface area contributed by atoms with Gasteiger partial charge in [0, 0.05) is 45.6 Å². The van der Waals surface area contributed by atoms with E-state index in [1.54, 1.807) is 7.11 Å². The molecule has 25 heavy (non-hydrogen) atoms. The molecule has 6 nitrogen and oxygen atoms in total. The quantitative estimate of drug-likeness (QED) is 0.531. The van der Waals surface area contributed by atoms with Gasteiger partial charge >= 0.3 is 0 Å². The summed E-state index contributed by atoms with van der Waals surface area (Å²) >= 11 is 0. The smallest absolute Gasteiger partial charge is 0.191 e. The Labute approximate surface area is 152 Å². The molecule has 0 bridgehead atoms. The van der Waals surface area contributed by atoms with Crippen molar-refractivity contribution in [2.24, 2.45) is 17.5 Å². The van der Waals surface area contributed by atoms with Crippen molar-refractivity contribution in [1.82, 2.24) is 20.4 Å². The van der Waals surface area contributed by atoms with E-state index in [4.69, 9.17) is 9.73 Å². The highest BCUT2D eigenvalue weighted by Crippen LogP contribution is 2.48. The summed E-state index contributed by atoms with van der Waals surface area (Å²) in [5.41, 5.74) is 4.06. The van der Waals surface area contributed by atoms with E-state index in [1.165, 1.54) is 24.1 Å². The monoisotopic (exact) mass is 349 g/mol. The normalized spacial score (nSPS) is 17.4. The van der Waals surface area contributed by atoms with Crippen LogP contribution in [0, 0.1) is 19.3 Å². The van der Waals surface area contributed by atoms with Crippen LogP contribution in [0.5, 0.6) is 0 Å². The van der Waals surface area contributed by atoms with Crippen LogP contribution in [0.15, 0.2) is 4.99 Å². The first-order valence-corrected chi connectivity index (χ1v) is 9.43. The van der Waals surface area contributed by atoms with Gasteiger partial charge < -0.3 is 15.4 Å². The molecule has 0 saturated heterocycles. The van der Waals surface area contributed by atoms with Crippen LogP contribution < -0.4 is 10.6 Å². The van der Waals surface area contributed by atoms with Gasteiger partial charge in [-0.1, -0.05) is 0 Å². The number of ether oxygens (including phenoxy) is 1. The zero-order chi connectivity index (χ0) is 18.4. The number of hydrogen-bond donors (Lipinski definition) is 2. The molecule has 1 aromatic rings. The SMILES string of the molecule is CCNC(=NCC1(CCOC)CC1)NC(C)Cc1c(C)nn(C)c1C. The van der Waals surface area contributed by atoms with Crippen molar-refractivity contribution in [3.8, 4) is 0 Å².